The molecule has 0 atom stereocenters. The molecule has 1 aliphatic heterocycles. The van der Waals surface area contributed by atoms with E-state index in [0.29, 0.717) is 4.31 Å². The molecule has 25 heavy (non-hydrogen) atoms. The number of hydrogen-bond acceptors (Lipinski definition) is 5. The molecule has 1 aromatic carbocycles. The van der Waals surface area contributed by atoms with Crippen molar-refractivity contribution in [1.82, 2.24) is 4.31 Å². The fourth-order valence-corrected chi connectivity index (χ4v) is 4.58. The molecule has 140 valence electrons. The number of sulfonamides is 1. The van der Waals surface area contributed by atoms with Crippen LogP contribution in [0.1, 0.15) is 18.4 Å². The van der Waals surface area contributed by atoms with E-state index in [2.05, 4.69) is 0 Å². The molecular weight excluding hydrogens is 365 g/mol. The molecule has 0 N–H and O–H groups in total. The van der Waals surface area contributed by atoms with E-state index in [9.17, 15) is 31.7 Å². The van der Waals surface area contributed by atoms with Crippen LogP contribution in [-0.4, -0.2) is 49.6 Å². The zero-order valence-electron chi connectivity index (χ0n) is 13.3. The van der Waals surface area contributed by atoms with E-state index in [0.717, 1.165) is 12.1 Å². The number of benzene rings is 1. The Morgan fingerprint density at radius 1 is 1.32 bits per heavy atom. The molecule has 1 saturated heterocycles. The second-order valence-electron chi connectivity index (χ2n) is 5.72. The van der Waals surface area contributed by atoms with E-state index in [1.165, 1.54) is 13.0 Å². The Labute approximate surface area is 142 Å². The van der Waals surface area contributed by atoms with Crippen molar-refractivity contribution < 1.29 is 31.2 Å². The van der Waals surface area contributed by atoms with Crippen LogP contribution in [0, 0.1) is 17.0 Å². The average Bonchev–Trinajstić information content (AvgIpc) is 2.52. The third-order valence-electron chi connectivity index (χ3n) is 3.90. The number of hydrogen-bond donors (Lipinski definition) is 0. The standard InChI is InChI=1S/C14H17F3N2O5S/c1-10-2-3-12(19(20)21)8-13(10)25(22,23)18(9-14(15,16)17)11-4-6-24-7-5-11/h2-3,8,11H,4-7,9H2,1H3. The van der Waals surface area contributed by atoms with Gasteiger partial charge in [-0.15, -0.1) is 0 Å². The summed E-state index contributed by atoms with van der Waals surface area (Å²) < 4.78 is 70.1. The summed E-state index contributed by atoms with van der Waals surface area (Å²) >= 11 is 0. The van der Waals surface area contributed by atoms with Crippen LogP contribution in [0.25, 0.3) is 0 Å². The van der Waals surface area contributed by atoms with Gasteiger partial charge >= 0.3 is 6.18 Å². The predicted octanol–water partition coefficient (Wildman–Crippen LogP) is 2.64. The van der Waals surface area contributed by atoms with E-state index in [4.69, 9.17) is 4.74 Å². The van der Waals surface area contributed by atoms with E-state index >= 15 is 0 Å². The van der Waals surface area contributed by atoms with Gasteiger partial charge in [-0.3, -0.25) is 10.1 Å². The molecule has 0 unspecified atom stereocenters. The number of nitrogens with zero attached hydrogens (tertiary/aromatic N) is 2. The summed E-state index contributed by atoms with van der Waals surface area (Å²) in [6, 6.07) is 2.24. The highest BCUT2D eigenvalue weighted by Crippen LogP contribution is 2.31. The number of rotatable bonds is 5. The minimum atomic E-state index is -4.74. The van der Waals surface area contributed by atoms with Crippen molar-refractivity contribution in [3.63, 3.8) is 0 Å². The molecular formula is C14H17F3N2O5S. The number of aryl methyl sites for hydroxylation is 1. The van der Waals surface area contributed by atoms with Crippen LogP contribution in [0.3, 0.4) is 0 Å². The molecule has 1 aliphatic rings. The van der Waals surface area contributed by atoms with Gasteiger partial charge in [-0.05, 0) is 25.3 Å². The molecule has 0 amide bonds. The minimum Gasteiger partial charge on any atom is -0.381 e. The first-order valence-electron chi connectivity index (χ1n) is 7.44. The third-order valence-corrected chi connectivity index (χ3v) is 5.94. The number of nitro benzene ring substituents is 1. The van der Waals surface area contributed by atoms with Crippen LogP contribution in [0.2, 0.25) is 0 Å². The topological polar surface area (TPSA) is 89.8 Å². The Morgan fingerprint density at radius 2 is 1.92 bits per heavy atom. The van der Waals surface area contributed by atoms with Crippen molar-refractivity contribution in [2.75, 3.05) is 19.8 Å². The van der Waals surface area contributed by atoms with Gasteiger partial charge < -0.3 is 4.74 Å². The predicted molar refractivity (Wildman–Crippen MR) is 81.6 cm³/mol. The first kappa shape index (κ1) is 19.6. The normalized spacial score (nSPS) is 17.0. The first-order valence-corrected chi connectivity index (χ1v) is 8.88. The van der Waals surface area contributed by atoms with Crippen LogP contribution >= 0.6 is 0 Å². The van der Waals surface area contributed by atoms with Gasteiger partial charge in [0.15, 0.2) is 0 Å². The molecule has 2 rings (SSSR count). The van der Waals surface area contributed by atoms with Gasteiger partial charge in [-0.1, -0.05) is 6.07 Å². The Bertz CT molecular complexity index is 745. The summed E-state index contributed by atoms with van der Waals surface area (Å²) in [6.07, 6.45) is -4.48. The van der Waals surface area contributed by atoms with Crippen molar-refractivity contribution in [3.8, 4) is 0 Å². The third kappa shape index (κ3) is 4.67. The lowest BCUT2D eigenvalue weighted by molar-refractivity contribution is -0.385. The summed E-state index contributed by atoms with van der Waals surface area (Å²) in [5.74, 6) is 0. The molecule has 11 heteroatoms. The fourth-order valence-electron chi connectivity index (χ4n) is 2.67. The quantitative estimate of drug-likeness (QED) is 0.577. The molecule has 0 radical (unpaired) electrons. The smallest absolute Gasteiger partial charge is 0.381 e. The van der Waals surface area contributed by atoms with Gasteiger partial charge in [0.2, 0.25) is 10.0 Å². The highest BCUT2D eigenvalue weighted by Gasteiger charge is 2.42. The van der Waals surface area contributed by atoms with Gasteiger partial charge in [-0.2, -0.15) is 17.5 Å². The van der Waals surface area contributed by atoms with Crippen LogP contribution in [0.15, 0.2) is 23.1 Å². The van der Waals surface area contributed by atoms with Crippen molar-refractivity contribution in [2.24, 2.45) is 0 Å². The monoisotopic (exact) mass is 382 g/mol. The molecule has 1 heterocycles. The maximum Gasteiger partial charge on any atom is 0.402 e. The number of alkyl halides is 3. The van der Waals surface area contributed by atoms with Crippen molar-refractivity contribution in [2.45, 2.75) is 36.9 Å². The number of non-ortho nitro benzene ring substituents is 1. The van der Waals surface area contributed by atoms with Gasteiger partial charge in [0, 0.05) is 31.4 Å². The molecule has 0 aromatic heterocycles. The highest BCUT2D eigenvalue weighted by atomic mass is 32.2. The van der Waals surface area contributed by atoms with Crippen molar-refractivity contribution in [3.05, 3.63) is 33.9 Å². The summed E-state index contributed by atoms with van der Waals surface area (Å²) in [4.78, 5) is 9.61. The Morgan fingerprint density at radius 3 is 2.44 bits per heavy atom. The summed E-state index contributed by atoms with van der Waals surface area (Å²) in [5.41, 5.74) is -0.354. The molecule has 7 nitrogen and oxygen atoms in total. The fraction of sp³-hybridized carbons (Fsp3) is 0.571. The second kappa shape index (κ2) is 7.26. The van der Waals surface area contributed by atoms with Crippen molar-refractivity contribution >= 4 is 15.7 Å². The summed E-state index contributed by atoms with van der Waals surface area (Å²) in [7, 11) is -4.57. The summed E-state index contributed by atoms with van der Waals surface area (Å²) in [5, 5.41) is 10.9. The van der Waals surface area contributed by atoms with E-state index in [-0.39, 0.29) is 31.6 Å². The number of nitro groups is 1. The Hall–Kier alpha value is -1.72. The number of halogens is 3. The van der Waals surface area contributed by atoms with E-state index in [1.807, 2.05) is 0 Å². The van der Waals surface area contributed by atoms with Crippen LogP contribution in [0.5, 0.6) is 0 Å². The van der Waals surface area contributed by atoms with Crippen LogP contribution in [-0.2, 0) is 14.8 Å². The number of ether oxygens (including phenoxy) is 1. The zero-order valence-corrected chi connectivity index (χ0v) is 14.1. The Balaban J connectivity index is 2.50. The Kier molecular flexibility index (Phi) is 5.69. The van der Waals surface area contributed by atoms with Crippen molar-refractivity contribution in [1.29, 1.82) is 0 Å². The first-order chi connectivity index (χ1) is 11.5. The minimum absolute atomic E-state index is 0.128. The van der Waals surface area contributed by atoms with Crippen LogP contribution in [0.4, 0.5) is 18.9 Å². The lowest BCUT2D eigenvalue weighted by atomic mass is 10.1. The van der Waals surface area contributed by atoms with Gasteiger partial charge in [0.05, 0.1) is 9.82 Å². The lowest BCUT2D eigenvalue weighted by Gasteiger charge is -2.34. The summed E-state index contributed by atoms with van der Waals surface area (Å²) in [6.45, 7) is 0.0411. The average molecular weight is 382 g/mol. The lowest BCUT2D eigenvalue weighted by Crippen LogP contribution is -2.47. The van der Waals surface area contributed by atoms with Crippen LogP contribution < -0.4 is 0 Å². The van der Waals surface area contributed by atoms with Gasteiger partial charge in [0.25, 0.3) is 5.69 Å². The molecule has 0 aliphatic carbocycles. The SMILES string of the molecule is Cc1ccc([N+](=O)[O-])cc1S(=O)(=O)N(CC(F)(F)F)C1CCOCC1. The van der Waals surface area contributed by atoms with Gasteiger partial charge in [-0.25, -0.2) is 8.42 Å². The second-order valence-corrected chi connectivity index (χ2v) is 7.57. The largest absolute Gasteiger partial charge is 0.402 e. The molecule has 1 fully saturated rings. The highest BCUT2D eigenvalue weighted by molar-refractivity contribution is 7.89. The maximum absolute atomic E-state index is 13.0. The molecule has 0 bridgehead atoms. The zero-order chi connectivity index (χ0) is 18.8. The molecule has 1 aromatic rings. The molecule has 0 spiro atoms. The maximum atomic E-state index is 13.0. The van der Waals surface area contributed by atoms with E-state index in [1.54, 1.807) is 0 Å². The molecule has 0 saturated carbocycles. The van der Waals surface area contributed by atoms with Gasteiger partial charge in [0.1, 0.15) is 6.54 Å². The van der Waals surface area contributed by atoms with E-state index < -0.39 is 44.3 Å².